The molecule has 0 radical (unpaired) electrons. The van der Waals surface area contributed by atoms with E-state index in [9.17, 15) is 24.6 Å². The van der Waals surface area contributed by atoms with Gasteiger partial charge in [0.1, 0.15) is 10.6 Å². The lowest BCUT2D eigenvalue weighted by Gasteiger charge is -2.31. The molecule has 11 heteroatoms. The van der Waals surface area contributed by atoms with Gasteiger partial charge in [-0.1, -0.05) is 41.1 Å². The summed E-state index contributed by atoms with van der Waals surface area (Å²) in [6, 6.07) is 13.5. The van der Waals surface area contributed by atoms with E-state index < -0.39 is 17.3 Å². The molecule has 3 N–H and O–H groups in total. The molecule has 1 amide bonds. The van der Waals surface area contributed by atoms with Crippen molar-refractivity contribution in [1.82, 2.24) is 14.9 Å². The molecule has 9 nitrogen and oxygen atoms in total. The van der Waals surface area contributed by atoms with Gasteiger partial charge in [0.25, 0.3) is 5.91 Å². The lowest BCUT2D eigenvalue weighted by molar-refractivity contribution is 0.0685. The number of benzene rings is 2. The van der Waals surface area contributed by atoms with Crippen molar-refractivity contribution in [3.05, 3.63) is 86.1 Å². The van der Waals surface area contributed by atoms with Crippen molar-refractivity contribution in [2.75, 3.05) is 24.6 Å². The van der Waals surface area contributed by atoms with E-state index in [-0.39, 0.29) is 24.4 Å². The van der Waals surface area contributed by atoms with Gasteiger partial charge in [-0.15, -0.1) is 0 Å². The molecule has 0 atom stereocenters. The highest BCUT2D eigenvalue weighted by molar-refractivity contribution is 7.17. The normalized spacial score (nSPS) is 14.1. The van der Waals surface area contributed by atoms with Crippen molar-refractivity contribution >= 4 is 50.8 Å². The molecule has 39 heavy (non-hydrogen) atoms. The van der Waals surface area contributed by atoms with Crippen LogP contribution in [0.25, 0.3) is 16.6 Å². The number of halogens is 1. The van der Waals surface area contributed by atoms with E-state index in [1.165, 1.54) is 22.1 Å². The number of nitrogens with zero attached hydrogens (tertiary/aromatic N) is 3. The van der Waals surface area contributed by atoms with Gasteiger partial charge in [-0.25, -0.2) is 9.78 Å². The van der Waals surface area contributed by atoms with Gasteiger partial charge in [-0.2, -0.15) is 0 Å². The zero-order valence-corrected chi connectivity index (χ0v) is 22.5. The fourth-order valence-corrected chi connectivity index (χ4v) is 6.06. The van der Waals surface area contributed by atoms with Gasteiger partial charge in [0.05, 0.1) is 17.3 Å². The number of aromatic nitrogens is 2. The van der Waals surface area contributed by atoms with Crippen LogP contribution < -0.4 is 15.6 Å². The number of fused-ring (bicyclic) bond motifs is 1. The van der Waals surface area contributed by atoms with E-state index >= 15 is 0 Å². The van der Waals surface area contributed by atoms with E-state index in [0.29, 0.717) is 32.4 Å². The summed E-state index contributed by atoms with van der Waals surface area (Å²) in [5.74, 6) is -1.24. The molecule has 3 heterocycles. The van der Waals surface area contributed by atoms with Crippen molar-refractivity contribution in [2.45, 2.75) is 25.8 Å². The van der Waals surface area contributed by atoms with E-state index in [1.54, 1.807) is 42.5 Å². The Morgan fingerprint density at radius 2 is 1.87 bits per heavy atom. The highest BCUT2D eigenvalue weighted by atomic mass is 35.5. The van der Waals surface area contributed by atoms with Gasteiger partial charge in [0.15, 0.2) is 10.6 Å². The average molecular weight is 567 g/mol. The quantitative estimate of drug-likeness (QED) is 0.290. The number of carbonyl (C=O) groups is 2. The standard InChI is InChI=1S/C28H27ClN4O5S/c29-18-6-7-20-22(14-18)33(19-4-2-1-3-5-19)24(27(37)38)21(25(20)35)15-30-26(36)23-16-31-28(39-23)32-11-8-17(9-12-32)10-13-34/h1-7,14,16-17,34H,8-13,15H2,(H,30,36)(H,37,38). The first kappa shape index (κ1) is 26.9. The third-order valence-corrected chi connectivity index (χ3v) is 8.30. The van der Waals surface area contributed by atoms with Crippen LogP contribution in [0.4, 0.5) is 5.13 Å². The third kappa shape index (κ3) is 5.54. The van der Waals surface area contributed by atoms with Gasteiger partial charge in [-0.3, -0.25) is 9.59 Å². The second-order valence-electron chi connectivity index (χ2n) is 9.43. The summed E-state index contributed by atoms with van der Waals surface area (Å²) in [7, 11) is 0. The Morgan fingerprint density at radius 1 is 1.13 bits per heavy atom. The first-order valence-corrected chi connectivity index (χ1v) is 13.8. The van der Waals surface area contributed by atoms with Crippen LogP contribution in [0, 0.1) is 5.92 Å². The summed E-state index contributed by atoms with van der Waals surface area (Å²) in [6.07, 6.45) is 4.21. The monoisotopic (exact) mass is 566 g/mol. The summed E-state index contributed by atoms with van der Waals surface area (Å²) < 4.78 is 1.48. The number of thiazole rings is 1. The highest BCUT2D eigenvalue weighted by Gasteiger charge is 2.25. The Bertz CT molecular complexity index is 1580. The summed E-state index contributed by atoms with van der Waals surface area (Å²) in [5, 5.41) is 23.5. The third-order valence-electron chi connectivity index (χ3n) is 7.01. The topological polar surface area (TPSA) is 125 Å². The average Bonchev–Trinajstić information content (AvgIpc) is 3.43. The van der Waals surface area contributed by atoms with Crippen LogP contribution in [-0.4, -0.2) is 51.3 Å². The molecular weight excluding hydrogens is 540 g/mol. The fraction of sp³-hybridized carbons (Fsp3) is 0.286. The van der Waals surface area contributed by atoms with Crippen LogP contribution in [0.1, 0.15) is 45.0 Å². The molecule has 4 aromatic rings. The van der Waals surface area contributed by atoms with E-state index in [4.69, 9.17) is 11.6 Å². The maximum Gasteiger partial charge on any atom is 0.353 e. The Kier molecular flexibility index (Phi) is 7.97. The van der Waals surface area contributed by atoms with Gasteiger partial charge in [0, 0.05) is 42.3 Å². The number of pyridine rings is 1. The number of anilines is 1. The van der Waals surface area contributed by atoms with Crippen LogP contribution in [0.2, 0.25) is 5.02 Å². The Morgan fingerprint density at radius 3 is 2.56 bits per heavy atom. The Labute approximate surface area is 233 Å². The van der Waals surface area contributed by atoms with Crippen molar-refractivity contribution < 1.29 is 19.8 Å². The molecule has 0 spiro atoms. The number of amides is 1. The molecule has 5 rings (SSSR count). The first-order chi connectivity index (χ1) is 18.9. The van der Waals surface area contributed by atoms with Crippen LogP contribution in [-0.2, 0) is 6.54 Å². The van der Waals surface area contributed by atoms with Crippen molar-refractivity contribution in [2.24, 2.45) is 5.92 Å². The number of piperidine rings is 1. The van der Waals surface area contributed by atoms with Gasteiger partial charge >= 0.3 is 5.97 Å². The number of carboxylic acid groups (broad SMARTS) is 1. The molecule has 0 aliphatic carbocycles. The smallest absolute Gasteiger partial charge is 0.353 e. The number of para-hydroxylation sites is 1. The molecule has 0 unspecified atom stereocenters. The van der Waals surface area contributed by atoms with Crippen LogP contribution in [0.5, 0.6) is 0 Å². The molecule has 2 aromatic heterocycles. The second-order valence-corrected chi connectivity index (χ2v) is 10.9. The zero-order valence-electron chi connectivity index (χ0n) is 21.0. The number of hydrogen-bond donors (Lipinski definition) is 3. The number of carboxylic acids is 1. The first-order valence-electron chi connectivity index (χ1n) is 12.6. The Balaban J connectivity index is 1.44. The summed E-state index contributed by atoms with van der Waals surface area (Å²) in [5.41, 5.74) is 0.148. The van der Waals surface area contributed by atoms with E-state index in [0.717, 1.165) is 37.5 Å². The second kappa shape index (κ2) is 11.6. The molecule has 202 valence electrons. The number of nitrogens with one attached hydrogen (secondary N) is 1. The number of aromatic carboxylic acids is 1. The van der Waals surface area contributed by atoms with Crippen molar-refractivity contribution in [1.29, 1.82) is 0 Å². The van der Waals surface area contributed by atoms with Gasteiger partial charge in [-0.05, 0) is 55.5 Å². The maximum atomic E-state index is 13.5. The summed E-state index contributed by atoms with van der Waals surface area (Å²) in [6.45, 7) is 1.53. The minimum absolute atomic E-state index is 0.0368. The molecule has 1 aliphatic heterocycles. The molecule has 1 fully saturated rings. The number of hydrogen-bond acceptors (Lipinski definition) is 7. The lowest BCUT2D eigenvalue weighted by atomic mass is 9.94. The predicted molar refractivity (Wildman–Crippen MR) is 151 cm³/mol. The van der Waals surface area contributed by atoms with Crippen LogP contribution in [0.3, 0.4) is 0 Å². The SMILES string of the molecule is O=C(NCc1c(C(=O)O)n(-c2ccccc2)c2cc(Cl)ccc2c1=O)c1cnc(N2CCC(CCO)CC2)s1. The number of rotatable bonds is 8. The number of aliphatic hydroxyl groups is 1. The summed E-state index contributed by atoms with van der Waals surface area (Å²) in [4.78, 5) is 46.0. The minimum Gasteiger partial charge on any atom is -0.477 e. The number of aliphatic hydroxyl groups excluding tert-OH is 1. The molecule has 0 saturated carbocycles. The molecule has 0 bridgehead atoms. The molecule has 1 saturated heterocycles. The van der Waals surface area contributed by atoms with Crippen molar-refractivity contribution in [3.63, 3.8) is 0 Å². The highest BCUT2D eigenvalue weighted by Crippen LogP contribution is 2.29. The molecular formula is C28H27ClN4O5S. The maximum absolute atomic E-state index is 13.5. The lowest BCUT2D eigenvalue weighted by Crippen LogP contribution is -2.33. The van der Waals surface area contributed by atoms with Crippen molar-refractivity contribution in [3.8, 4) is 5.69 Å². The predicted octanol–water partition coefficient (Wildman–Crippen LogP) is 4.33. The minimum atomic E-state index is -1.30. The largest absolute Gasteiger partial charge is 0.477 e. The van der Waals surface area contributed by atoms with Gasteiger partial charge < -0.3 is 25.0 Å². The zero-order chi connectivity index (χ0) is 27.5. The van der Waals surface area contributed by atoms with E-state index in [1.807, 2.05) is 6.07 Å². The molecule has 2 aromatic carbocycles. The number of carbonyl (C=O) groups excluding carboxylic acids is 1. The van der Waals surface area contributed by atoms with E-state index in [2.05, 4.69) is 15.2 Å². The molecule has 1 aliphatic rings. The fourth-order valence-electron chi connectivity index (χ4n) is 5.01. The van der Waals surface area contributed by atoms with Crippen LogP contribution in [0.15, 0.2) is 59.5 Å². The van der Waals surface area contributed by atoms with Crippen LogP contribution >= 0.6 is 22.9 Å². The van der Waals surface area contributed by atoms with Gasteiger partial charge in [0.2, 0.25) is 0 Å². The Hall–Kier alpha value is -3.73. The summed E-state index contributed by atoms with van der Waals surface area (Å²) >= 11 is 7.47.